The van der Waals surface area contributed by atoms with Crippen LogP contribution in [0.1, 0.15) is 12.5 Å². The molecule has 7 nitrogen and oxygen atoms in total. The Bertz CT molecular complexity index is 631. The zero-order valence-corrected chi connectivity index (χ0v) is 12.6. The second kappa shape index (κ2) is 6.25. The van der Waals surface area contributed by atoms with Crippen molar-refractivity contribution in [3.63, 3.8) is 0 Å². The van der Waals surface area contributed by atoms with Crippen molar-refractivity contribution in [3.8, 4) is 17.5 Å². The second-order valence-corrected chi connectivity index (χ2v) is 4.61. The monoisotopic (exact) mass is 289 g/mol. The third-order valence-corrected chi connectivity index (χ3v) is 2.86. The smallest absolute Gasteiger partial charge is 0.328 e. The summed E-state index contributed by atoms with van der Waals surface area (Å²) in [6.45, 7) is 2.07. The van der Waals surface area contributed by atoms with E-state index in [4.69, 9.17) is 15.2 Å². The molecule has 0 saturated carbocycles. The van der Waals surface area contributed by atoms with Crippen LogP contribution in [0.2, 0.25) is 0 Å². The van der Waals surface area contributed by atoms with Crippen LogP contribution < -0.4 is 20.1 Å². The number of ether oxygens (including phenoxy) is 2. The van der Waals surface area contributed by atoms with Gasteiger partial charge < -0.3 is 20.1 Å². The lowest BCUT2D eigenvalue weighted by Gasteiger charge is -2.13. The average Bonchev–Trinajstić information content (AvgIpc) is 2.47. The molecule has 0 fully saturated rings. The average molecular weight is 289 g/mol. The highest BCUT2D eigenvalue weighted by Gasteiger charge is 2.11. The van der Waals surface area contributed by atoms with Gasteiger partial charge in [-0.05, 0) is 24.1 Å². The van der Waals surface area contributed by atoms with Crippen LogP contribution in [0.25, 0.3) is 0 Å². The largest absolute Gasteiger partial charge is 0.493 e. The first-order chi connectivity index (χ1) is 10.0. The van der Waals surface area contributed by atoms with Gasteiger partial charge in [-0.15, -0.1) is 0 Å². The van der Waals surface area contributed by atoms with Crippen molar-refractivity contribution in [1.29, 1.82) is 0 Å². The first-order valence-corrected chi connectivity index (χ1v) is 6.57. The number of rotatable bonds is 5. The van der Waals surface area contributed by atoms with Crippen molar-refractivity contribution in [3.05, 3.63) is 23.8 Å². The van der Waals surface area contributed by atoms with Gasteiger partial charge in [0.25, 0.3) is 0 Å². The fraction of sp³-hybridized carbons (Fsp3) is 0.357. The summed E-state index contributed by atoms with van der Waals surface area (Å²) < 4.78 is 11.0. The molecule has 0 atom stereocenters. The van der Waals surface area contributed by atoms with Gasteiger partial charge in [0, 0.05) is 14.1 Å². The highest BCUT2D eigenvalue weighted by molar-refractivity contribution is 5.45. The molecular weight excluding hydrogens is 270 g/mol. The highest BCUT2D eigenvalue weighted by Crippen LogP contribution is 2.31. The van der Waals surface area contributed by atoms with E-state index in [1.165, 1.54) is 0 Å². The second-order valence-electron chi connectivity index (χ2n) is 4.61. The van der Waals surface area contributed by atoms with E-state index in [0.29, 0.717) is 17.4 Å². The molecule has 0 aliphatic rings. The predicted molar refractivity (Wildman–Crippen MR) is 81.0 cm³/mol. The number of methoxy groups -OCH3 is 1. The Balaban J connectivity index is 2.33. The zero-order valence-electron chi connectivity index (χ0n) is 12.6. The van der Waals surface area contributed by atoms with Gasteiger partial charge in [0.1, 0.15) is 0 Å². The molecule has 2 rings (SSSR count). The minimum atomic E-state index is 0.104. The number of aromatic nitrogens is 3. The molecule has 0 saturated heterocycles. The van der Waals surface area contributed by atoms with Gasteiger partial charge >= 0.3 is 6.01 Å². The Hall–Kier alpha value is -2.57. The first-order valence-electron chi connectivity index (χ1n) is 6.57. The van der Waals surface area contributed by atoms with Crippen molar-refractivity contribution < 1.29 is 9.47 Å². The Morgan fingerprint density at radius 1 is 1.14 bits per heavy atom. The quantitative estimate of drug-likeness (QED) is 0.899. The van der Waals surface area contributed by atoms with E-state index in [0.717, 1.165) is 12.0 Å². The maximum atomic E-state index is 5.68. The van der Waals surface area contributed by atoms with Crippen molar-refractivity contribution in [1.82, 2.24) is 15.0 Å². The molecule has 0 bridgehead atoms. The molecule has 0 spiro atoms. The molecule has 1 aromatic carbocycles. The SMILES string of the molecule is CCc1ccc(Oc2nc(N)nc(N(C)C)n2)c(OC)c1. The first kappa shape index (κ1) is 14.8. The number of anilines is 2. The number of benzene rings is 1. The number of nitrogen functional groups attached to an aromatic ring is 1. The Kier molecular flexibility index (Phi) is 4.42. The van der Waals surface area contributed by atoms with E-state index in [1.807, 2.05) is 32.3 Å². The topological polar surface area (TPSA) is 86.4 Å². The number of nitrogens with zero attached hydrogens (tertiary/aromatic N) is 4. The molecular formula is C14H19N5O2. The summed E-state index contributed by atoms with van der Waals surface area (Å²) in [5, 5.41) is 0. The third-order valence-electron chi connectivity index (χ3n) is 2.86. The maximum Gasteiger partial charge on any atom is 0.328 e. The summed E-state index contributed by atoms with van der Waals surface area (Å²) in [6.07, 6.45) is 0.917. The van der Waals surface area contributed by atoms with E-state index in [2.05, 4.69) is 21.9 Å². The lowest BCUT2D eigenvalue weighted by atomic mass is 10.1. The molecule has 21 heavy (non-hydrogen) atoms. The summed E-state index contributed by atoms with van der Waals surface area (Å²) in [5.74, 6) is 1.69. The van der Waals surface area contributed by atoms with Crippen molar-refractivity contribution in [2.24, 2.45) is 0 Å². The van der Waals surface area contributed by atoms with Crippen molar-refractivity contribution >= 4 is 11.9 Å². The van der Waals surface area contributed by atoms with Crippen LogP contribution in [0.3, 0.4) is 0 Å². The minimum absolute atomic E-state index is 0.104. The molecule has 0 amide bonds. The summed E-state index contributed by atoms with van der Waals surface area (Å²) >= 11 is 0. The van der Waals surface area contributed by atoms with Crippen LogP contribution in [0.4, 0.5) is 11.9 Å². The van der Waals surface area contributed by atoms with Crippen LogP contribution in [-0.2, 0) is 6.42 Å². The summed E-state index contributed by atoms with van der Waals surface area (Å²) in [5.41, 5.74) is 6.82. The van der Waals surface area contributed by atoms with Gasteiger partial charge in [-0.25, -0.2) is 0 Å². The van der Waals surface area contributed by atoms with Gasteiger partial charge in [-0.1, -0.05) is 13.0 Å². The number of aryl methyl sites for hydroxylation is 1. The maximum absolute atomic E-state index is 5.68. The van der Waals surface area contributed by atoms with Crippen LogP contribution in [0.5, 0.6) is 17.5 Å². The zero-order chi connectivity index (χ0) is 15.4. The van der Waals surface area contributed by atoms with Crippen LogP contribution in [0, 0.1) is 0 Å². The molecule has 112 valence electrons. The Labute approximate surface area is 123 Å². The van der Waals surface area contributed by atoms with E-state index < -0.39 is 0 Å². The molecule has 7 heteroatoms. The van der Waals surface area contributed by atoms with Crippen molar-refractivity contribution in [2.75, 3.05) is 31.8 Å². The number of hydrogen-bond acceptors (Lipinski definition) is 7. The van der Waals surface area contributed by atoms with E-state index in [1.54, 1.807) is 12.0 Å². The molecule has 0 aliphatic carbocycles. The third kappa shape index (κ3) is 3.50. The molecule has 0 radical (unpaired) electrons. The van der Waals surface area contributed by atoms with E-state index in [9.17, 15) is 0 Å². The van der Waals surface area contributed by atoms with E-state index >= 15 is 0 Å². The van der Waals surface area contributed by atoms with Gasteiger partial charge in [0.2, 0.25) is 11.9 Å². The molecule has 1 aromatic heterocycles. The Morgan fingerprint density at radius 3 is 2.52 bits per heavy atom. The van der Waals surface area contributed by atoms with Gasteiger partial charge in [0.15, 0.2) is 11.5 Å². The van der Waals surface area contributed by atoms with Gasteiger partial charge in [-0.2, -0.15) is 15.0 Å². The molecule has 2 aromatic rings. The minimum Gasteiger partial charge on any atom is -0.493 e. The van der Waals surface area contributed by atoms with Gasteiger partial charge in [0.05, 0.1) is 7.11 Å². The fourth-order valence-corrected chi connectivity index (χ4v) is 1.72. The van der Waals surface area contributed by atoms with Crippen molar-refractivity contribution in [2.45, 2.75) is 13.3 Å². The number of hydrogen-bond donors (Lipinski definition) is 1. The van der Waals surface area contributed by atoms with Gasteiger partial charge in [-0.3, -0.25) is 0 Å². The van der Waals surface area contributed by atoms with Crippen LogP contribution in [-0.4, -0.2) is 36.2 Å². The molecule has 1 heterocycles. The molecule has 0 aliphatic heterocycles. The summed E-state index contributed by atoms with van der Waals surface area (Å²) in [7, 11) is 5.22. The normalized spacial score (nSPS) is 10.3. The lowest BCUT2D eigenvalue weighted by Crippen LogP contribution is -2.15. The number of nitrogens with two attached hydrogens (primary N) is 1. The lowest BCUT2D eigenvalue weighted by molar-refractivity contribution is 0.367. The Morgan fingerprint density at radius 2 is 1.90 bits per heavy atom. The van der Waals surface area contributed by atoms with Crippen LogP contribution >= 0.6 is 0 Å². The summed E-state index contributed by atoms with van der Waals surface area (Å²) in [4.78, 5) is 13.9. The predicted octanol–water partition coefficient (Wildman–Crippen LogP) is 1.88. The summed E-state index contributed by atoms with van der Waals surface area (Å²) in [6, 6.07) is 5.85. The van der Waals surface area contributed by atoms with Crippen LogP contribution in [0.15, 0.2) is 18.2 Å². The fourth-order valence-electron chi connectivity index (χ4n) is 1.72. The van der Waals surface area contributed by atoms with E-state index in [-0.39, 0.29) is 12.0 Å². The molecule has 0 unspecified atom stereocenters. The highest BCUT2D eigenvalue weighted by atomic mass is 16.5. The molecule has 2 N–H and O–H groups in total. The standard InChI is InChI=1S/C14H19N5O2/c1-5-9-6-7-10(11(8-9)20-4)21-14-17-12(15)16-13(18-14)19(2)3/h6-8H,5H2,1-4H3,(H2,15,16,17,18).